The molecule has 5 rings (SSSR count). The van der Waals surface area contributed by atoms with Crippen LogP contribution in [-0.2, 0) is 16.1 Å². The number of hydrogen-bond acceptors (Lipinski definition) is 4. The molecule has 0 radical (unpaired) electrons. The van der Waals surface area contributed by atoms with Crippen molar-refractivity contribution in [3.8, 4) is 0 Å². The molecule has 1 unspecified atom stereocenters. The highest BCUT2D eigenvalue weighted by atomic mass is 16.4. The highest BCUT2D eigenvalue weighted by Gasteiger charge is 2.20. The Morgan fingerprint density at radius 3 is 2.18 bits per heavy atom. The lowest BCUT2D eigenvalue weighted by atomic mass is 9.97. The van der Waals surface area contributed by atoms with Gasteiger partial charge in [-0.15, -0.1) is 0 Å². The van der Waals surface area contributed by atoms with Crippen LogP contribution < -0.4 is 10.6 Å². The van der Waals surface area contributed by atoms with Gasteiger partial charge >= 0.3 is 5.97 Å². The summed E-state index contributed by atoms with van der Waals surface area (Å²) >= 11 is 0. The Kier molecular flexibility index (Phi) is 10.6. The number of carboxylic acid groups (broad SMARTS) is 1. The molecule has 3 N–H and O–H groups in total. The predicted octanol–water partition coefficient (Wildman–Crippen LogP) is 7.79. The van der Waals surface area contributed by atoms with E-state index in [1.54, 1.807) is 0 Å². The smallest absolute Gasteiger partial charge is 0.305 e. The number of carbonyl (C=O) groups excluding carboxylic acids is 1. The number of nitrogens with one attached hydrogen (secondary N) is 2. The van der Waals surface area contributed by atoms with Gasteiger partial charge in [-0.25, -0.2) is 0 Å². The maximum absolute atomic E-state index is 13.0. The maximum atomic E-state index is 13.0. The van der Waals surface area contributed by atoms with Crippen LogP contribution in [-0.4, -0.2) is 29.2 Å². The summed E-state index contributed by atoms with van der Waals surface area (Å²) in [6, 6.07) is 40.9. The molecule has 6 nitrogen and oxygen atoms in total. The number of unbranched alkanes of at least 4 members (excludes halogenated alkanes) is 1. The highest BCUT2D eigenvalue weighted by molar-refractivity contribution is 6.17. The van der Waals surface area contributed by atoms with Gasteiger partial charge in [0.25, 0.3) is 0 Å². The second-order valence-electron chi connectivity index (χ2n) is 10.8. The minimum Gasteiger partial charge on any atom is -0.481 e. The first-order valence-corrected chi connectivity index (χ1v) is 15.0. The van der Waals surface area contributed by atoms with Crippen LogP contribution in [0.5, 0.6) is 0 Å². The average Bonchev–Trinajstić information content (AvgIpc) is 3.05. The van der Waals surface area contributed by atoms with Crippen LogP contribution in [0.25, 0.3) is 10.8 Å². The Labute approximate surface area is 258 Å². The van der Waals surface area contributed by atoms with Crippen LogP contribution in [0.4, 0.5) is 5.69 Å². The van der Waals surface area contributed by atoms with E-state index in [9.17, 15) is 14.7 Å². The molecule has 6 heteroatoms. The van der Waals surface area contributed by atoms with E-state index in [4.69, 9.17) is 4.99 Å². The monoisotopic (exact) mass is 583 g/mol. The van der Waals surface area contributed by atoms with Gasteiger partial charge in [-0.1, -0.05) is 115 Å². The Morgan fingerprint density at radius 1 is 0.727 bits per heavy atom. The lowest BCUT2D eigenvalue weighted by molar-refractivity contribution is -0.137. The van der Waals surface area contributed by atoms with Crippen LogP contribution in [0.15, 0.2) is 132 Å². The van der Waals surface area contributed by atoms with Gasteiger partial charge < -0.3 is 15.7 Å². The Balaban J connectivity index is 1.35. The molecule has 0 saturated heterocycles. The lowest BCUT2D eigenvalue weighted by Gasteiger charge is -2.18. The molecule has 0 aliphatic heterocycles. The number of benzene rings is 5. The summed E-state index contributed by atoms with van der Waals surface area (Å²) in [5.41, 5.74) is 4.93. The number of para-hydroxylation sites is 1. The number of nitrogens with zero attached hydrogens (tertiary/aromatic N) is 1. The molecular formula is C38H37N3O3. The molecule has 0 spiro atoms. The minimum atomic E-state index is -0.931. The quantitative estimate of drug-likeness (QED) is 0.0919. The van der Waals surface area contributed by atoms with E-state index in [2.05, 4.69) is 22.8 Å². The van der Waals surface area contributed by atoms with Crippen molar-refractivity contribution in [2.24, 2.45) is 4.99 Å². The molecule has 0 aliphatic rings. The number of carbonyl (C=O) groups is 2. The summed E-state index contributed by atoms with van der Waals surface area (Å²) < 4.78 is 0. The molecule has 5 aromatic carbocycles. The number of aliphatic imine (C=N–C) groups is 1. The minimum absolute atomic E-state index is 0.0652. The van der Waals surface area contributed by atoms with E-state index in [1.807, 2.05) is 115 Å². The van der Waals surface area contributed by atoms with Crippen LogP contribution in [0.3, 0.4) is 0 Å². The number of hydrogen-bond donors (Lipinski definition) is 3. The fourth-order valence-electron chi connectivity index (χ4n) is 5.25. The van der Waals surface area contributed by atoms with Gasteiger partial charge in [0.1, 0.15) is 0 Å². The predicted molar refractivity (Wildman–Crippen MR) is 178 cm³/mol. The summed E-state index contributed by atoms with van der Waals surface area (Å²) in [7, 11) is 0. The number of aliphatic carboxylic acids is 1. The van der Waals surface area contributed by atoms with E-state index in [-0.39, 0.29) is 12.3 Å². The van der Waals surface area contributed by atoms with Crippen molar-refractivity contribution in [3.05, 3.63) is 150 Å². The molecule has 44 heavy (non-hydrogen) atoms. The van der Waals surface area contributed by atoms with Gasteiger partial charge in [0.05, 0.1) is 23.9 Å². The first kappa shape index (κ1) is 30.4. The zero-order valence-electron chi connectivity index (χ0n) is 24.7. The molecular weight excluding hydrogens is 546 g/mol. The number of fused-ring (bicyclic) bond motifs is 1. The molecule has 0 heterocycles. The van der Waals surface area contributed by atoms with E-state index in [0.29, 0.717) is 17.8 Å². The summed E-state index contributed by atoms with van der Waals surface area (Å²) in [6.45, 7) is 1.65. The van der Waals surface area contributed by atoms with Crippen molar-refractivity contribution in [1.82, 2.24) is 5.32 Å². The zero-order chi connectivity index (χ0) is 30.6. The third-order valence-electron chi connectivity index (χ3n) is 7.49. The molecule has 5 aromatic rings. The summed E-state index contributed by atoms with van der Waals surface area (Å²) in [5, 5.41) is 18.5. The largest absolute Gasteiger partial charge is 0.481 e. The number of carboxylic acids is 1. The number of anilines is 1. The third kappa shape index (κ3) is 8.49. The molecule has 0 aliphatic carbocycles. The number of amides is 1. The molecule has 0 fully saturated rings. The average molecular weight is 584 g/mol. The van der Waals surface area contributed by atoms with Gasteiger partial charge in [-0.3, -0.25) is 14.6 Å². The molecule has 1 atom stereocenters. The van der Waals surface area contributed by atoms with Crippen molar-refractivity contribution >= 4 is 34.0 Å². The summed E-state index contributed by atoms with van der Waals surface area (Å²) in [5.74, 6) is -0.997. The van der Waals surface area contributed by atoms with Crippen molar-refractivity contribution in [2.75, 3.05) is 11.9 Å². The molecule has 0 saturated carbocycles. The third-order valence-corrected chi connectivity index (χ3v) is 7.49. The van der Waals surface area contributed by atoms with E-state index in [1.165, 1.54) is 5.56 Å². The Morgan fingerprint density at radius 2 is 1.41 bits per heavy atom. The van der Waals surface area contributed by atoms with Crippen molar-refractivity contribution in [2.45, 2.75) is 38.3 Å². The van der Waals surface area contributed by atoms with Gasteiger partial charge in [0, 0.05) is 24.1 Å². The second-order valence-corrected chi connectivity index (χ2v) is 10.8. The van der Waals surface area contributed by atoms with Crippen molar-refractivity contribution < 1.29 is 14.7 Å². The van der Waals surface area contributed by atoms with Crippen molar-refractivity contribution in [1.29, 1.82) is 0 Å². The summed E-state index contributed by atoms with van der Waals surface area (Å²) in [6.07, 6.45) is 1.89. The standard InChI is InChI=1S/C38H37N3O3/c42-36(21-11-12-24-39-27-28-13-3-1-4-14-28)40-34-20-10-9-19-33(34)38(30-16-5-2-6-17-30)41-35(26-37(43)44)32-23-22-29-15-7-8-18-31(29)25-32/h1-10,13-20,22-23,25,35,39H,11-12,21,24,26-27H2,(H,40,42)(H,43,44). The number of rotatable bonds is 14. The molecule has 0 bridgehead atoms. The SMILES string of the molecule is O=C(O)CC(N=C(c1ccccc1)c1ccccc1NC(=O)CCCCNCc1ccccc1)c1ccc2ccccc2c1. The summed E-state index contributed by atoms with van der Waals surface area (Å²) in [4.78, 5) is 30.2. The molecule has 1 amide bonds. The van der Waals surface area contributed by atoms with E-state index < -0.39 is 12.0 Å². The van der Waals surface area contributed by atoms with Crippen LogP contribution in [0.1, 0.15) is 54.0 Å². The Bertz CT molecular complexity index is 1720. The normalized spacial score (nSPS) is 12.1. The fourth-order valence-corrected chi connectivity index (χ4v) is 5.25. The maximum Gasteiger partial charge on any atom is 0.305 e. The van der Waals surface area contributed by atoms with Gasteiger partial charge in [0.2, 0.25) is 5.91 Å². The topological polar surface area (TPSA) is 90.8 Å². The van der Waals surface area contributed by atoms with Crippen LogP contribution >= 0.6 is 0 Å². The van der Waals surface area contributed by atoms with Crippen molar-refractivity contribution in [3.63, 3.8) is 0 Å². The first-order chi connectivity index (χ1) is 21.6. The van der Waals surface area contributed by atoms with Gasteiger partial charge in [0.15, 0.2) is 0 Å². The lowest BCUT2D eigenvalue weighted by Crippen LogP contribution is -2.18. The zero-order valence-corrected chi connectivity index (χ0v) is 24.7. The molecule has 222 valence electrons. The van der Waals surface area contributed by atoms with Gasteiger partial charge in [-0.2, -0.15) is 0 Å². The van der Waals surface area contributed by atoms with E-state index >= 15 is 0 Å². The highest BCUT2D eigenvalue weighted by Crippen LogP contribution is 2.29. The Hall–Kier alpha value is -5.07. The second kappa shape index (κ2) is 15.4. The molecule has 0 aromatic heterocycles. The van der Waals surface area contributed by atoms with Crippen LogP contribution in [0, 0.1) is 0 Å². The fraction of sp³-hybridized carbons (Fsp3) is 0.184. The first-order valence-electron chi connectivity index (χ1n) is 15.0. The van der Waals surface area contributed by atoms with E-state index in [0.717, 1.165) is 53.4 Å². The van der Waals surface area contributed by atoms with Crippen LogP contribution in [0.2, 0.25) is 0 Å². The van der Waals surface area contributed by atoms with Gasteiger partial charge in [-0.05, 0) is 53.4 Å².